The molecule has 1 aliphatic rings. The molecule has 90 valence electrons. The maximum Gasteiger partial charge on any atom is 0.00785 e. The van der Waals surface area contributed by atoms with Gasteiger partial charge in [0, 0.05) is 17.6 Å². The molecule has 1 aliphatic heterocycles. The summed E-state index contributed by atoms with van der Waals surface area (Å²) in [6.45, 7) is 12.5. The van der Waals surface area contributed by atoms with Crippen molar-refractivity contribution in [3.8, 4) is 0 Å². The minimum absolute atomic E-state index is 0.206. The average molecular weight is 213 g/mol. The Morgan fingerprint density at radius 1 is 1.33 bits per heavy atom. The topological polar surface area (TPSA) is 29.5 Å². The van der Waals surface area contributed by atoms with Crippen LogP contribution >= 0.6 is 0 Å². The van der Waals surface area contributed by atoms with E-state index < -0.39 is 0 Å². The monoisotopic (exact) mass is 213 g/mol. The third-order valence-corrected chi connectivity index (χ3v) is 3.89. The Bertz CT molecular complexity index is 226. The maximum absolute atomic E-state index is 12.1. The van der Waals surface area contributed by atoms with Crippen molar-refractivity contribution in [2.75, 3.05) is 20.1 Å². The highest BCUT2D eigenvalue weighted by Gasteiger charge is 2.46. The minimum Gasteiger partial charge on any atom is -0.784 e. The molecule has 0 saturated carbocycles. The maximum atomic E-state index is 12.1. The molecule has 0 aliphatic carbocycles. The molecule has 1 fully saturated rings. The van der Waals surface area contributed by atoms with Gasteiger partial charge in [-0.25, -0.2) is 0 Å². The Morgan fingerprint density at radius 3 is 2.20 bits per heavy atom. The highest BCUT2D eigenvalue weighted by atomic mass is 16.5. The number of nitrogens with zero attached hydrogens (tertiary/aromatic N) is 2. The van der Waals surface area contributed by atoms with Crippen LogP contribution in [0.2, 0.25) is 0 Å². The second kappa shape index (κ2) is 4.04. The van der Waals surface area contributed by atoms with Crippen LogP contribution in [0.5, 0.6) is 0 Å². The van der Waals surface area contributed by atoms with Crippen molar-refractivity contribution >= 4 is 0 Å². The van der Waals surface area contributed by atoms with Gasteiger partial charge in [0.25, 0.3) is 0 Å². The largest absolute Gasteiger partial charge is 0.784 e. The van der Waals surface area contributed by atoms with Crippen LogP contribution in [-0.4, -0.2) is 41.2 Å². The summed E-state index contributed by atoms with van der Waals surface area (Å²) in [6, 6.07) is 0. The van der Waals surface area contributed by atoms with E-state index >= 15 is 0 Å². The van der Waals surface area contributed by atoms with E-state index in [1.807, 2.05) is 13.8 Å². The van der Waals surface area contributed by atoms with Crippen LogP contribution in [0.4, 0.5) is 0 Å². The first-order chi connectivity index (χ1) is 6.71. The quantitative estimate of drug-likeness (QED) is 0.720. The summed E-state index contributed by atoms with van der Waals surface area (Å²) in [5.41, 5.74) is -0.435. The van der Waals surface area contributed by atoms with E-state index in [2.05, 4.69) is 32.7 Å². The smallest absolute Gasteiger partial charge is 0.00785 e. The van der Waals surface area contributed by atoms with E-state index in [-0.39, 0.29) is 11.1 Å². The fourth-order valence-corrected chi connectivity index (χ4v) is 2.67. The second-order valence-electron chi connectivity index (χ2n) is 6.02. The first-order valence-corrected chi connectivity index (χ1v) is 5.88. The summed E-state index contributed by atoms with van der Waals surface area (Å²) in [5.74, 6) is 0.468. The first-order valence-electron chi connectivity index (χ1n) is 5.88. The molecule has 1 saturated heterocycles. The van der Waals surface area contributed by atoms with Crippen molar-refractivity contribution in [2.45, 2.75) is 52.1 Å². The van der Waals surface area contributed by atoms with Gasteiger partial charge in [0.1, 0.15) is 0 Å². The van der Waals surface area contributed by atoms with Crippen LogP contribution in [0.1, 0.15) is 41.0 Å². The van der Waals surface area contributed by atoms with Gasteiger partial charge in [0.15, 0.2) is 0 Å². The molecule has 3 nitrogen and oxygen atoms in total. The molecule has 15 heavy (non-hydrogen) atoms. The van der Waals surface area contributed by atoms with Crippen LogP contribution in [-0.2, 0) is 0 Å². The highest BCUT2D eigenvalue weighted by molar-refractivity contribution is 5.06. The molecule has 3 heteroatoms. The predicted molar refractivity (Wildman–Crippen MR) is 64.6 cm³/mol. The fourth-order valence-electron chi connectivity index (χ4n) is 2.67. The lowest BCUT2D eigenvalue weighted by Crippen LogP contribution is -2.47. The molecule has 1 rings (SSSR count). The van der Waals surface area contributed by atoms with Gasteiger partial charge in [0.05, 0.1) is 0 Å². The molecule has 0 N–H and O–H groups in total. The molecule has 0 aromatic carbocycles. The second-order valence-corrected chi connectivity index (χ2v) is 6.02. The van der Waals surface area contributed by atoms with Gasteiger partial charge in [-0.2, -0.15) is 0 Å². The summed E-state index contributed by atoms with van der Waals surface area (Å²) in [5, 5.41) is 13.4. The standard InChI is InChI=1S/C12H25N2O/c1-7-13(6)9-10-8-11(2,3)14(15)12(10,4)5/h10H,7-9H2,1-6H3/q-1. The Hall–Kier alpha value is -0.120. The lowest BCUT2D eigenvalue weighted by molar-refractivity contribution is 0.117. The third kappa shape index (κ3) is 2.35. The van der Waals surface area contributed by atoms with E-state index in [0.717, 1.165) is 19.5 Å². The van der Waals surface area contributed by atoms with E-state index in [1.54, 1.807) is 0 Å². The van der Waals surface area contributed by atoms with Gasteiger partial charge in [-0.3, -0.25) is 0 Å². The zero-order chi connectivity index (χ0) is 11.9. The van der Waals surface area contributed by atoms with Crippen LogP contribution in [0, 0.1) is 11.1 Å². The Kier molecular flexibility index (Phi) is 3.49. The summed E-state index contributed by atoms with van der Waals surface area (Å²) in [7, 11) is 2.12. The van der Waals surface area contributed by atoms with E-state index in [4.69, 9.17) is 0 Å². The number of hydrogen-bond donors (Lipinski definition) is 0. The molecule has 0 radical (unpaired) electrons. The van der Waals surface area contributed by atoms with Crippen molar-refractivity contribution in [3.05, 3.63) is 5.21 Å². The zero-order valence-electron chi connectivity index (χ0n) is 11.0. The molecule has 1 atom stereocenters. The van der Waals surface area contributed by atoms with Crippen LogP contribution in [0.25, 0.3) is 0 Å². The summed E-state index contributed by atoms with van der Waals surface area (Å²) in [4.78, 5) is 2.29. The molecule has 0 amide bonds. The average Bonchev–Trinajstić information content (AvgIpc) is 2.27. The molecule has 0 bridgehead atoms. The fraction of sp³-hybridized carbons (Fsp3) is 1.00. The molecular formula is C12H25N2O-. The van der Waals surface area contributed by atoms with Crippen LogP contribution < -0.4 is 0 Å². The Labute approximate surface area is 94.0 Å². The SMILES string of the molecule is CCN(C)CC1CC(C)(C)N([O-])C1(C)C. The van der Waals surface area contributed by atoms with Gasteiger partial charge >= 0.3 is 0 Å². The number of rotatable bonds is 3. The predicted octanol–water partition coefficient (Wildman–Crippen LogP) is 2.32. The number of hydroxylamine groups is 2. The highest BCUT2D eigenvalue weighted by Crippen LogP contribution is 2.44. The van der Waals surface area contributed by atoms with Gasteiger partial charge in [-0.15, -0.1) is 0 Å². The van der Waals surface area contributed by atoms with Gasteiger partial charge in [-0.1, -0.05) is 6.92 Å². The van der Waals surface area contributed by atoms with Crippen LogP contribution in [0.3, 0.4) is 0 Å². The van der Waals surface area contributed by atoms with Gasteiger partial charge < -0.3 is 15.2 Å². The van der Waals surface area contributed by atoms with E-state index in [0.29, 0.717) is 5.92 Å². The minimum atomic E-state index is -0.229. The Balaban J connectivity index is 2.75. The summed E-state index contributed by atoms with van der Waals surface area (Å²) < 4.78 is 0. The molecule has 1 heterocycles. The Morgan fingerprint density at radius 2 is 1.87 bits per heavy atom. The molecule has 0 aromatic heterocycles. The van der Waals surface area contributed by atoms with Crippen LogP contribution in [0.15, 0.2) is 0 Å². The summed E-state index contributed by atoms with van der Waals surface area (Å²) >= 11 is 0. The van der Waals surface area contributed by atoms with Crippen molar-refractivity contribution in [1.82, 2.24) is 9.96 Å². The van der Waals surface area contributed by atoms with Crippen molar-refractivity contribution in [2.24, 2.45) is 5.92 Å². The molecule has 0 aromatic rings. The van der Waals surface area contributed by atoms with Crippen molar-refractivity contribution < 1.29 is 0 Å². The zero-order valence-corrected chi connectivity index (χ0v) is 11.0. The van der Waals surface area contributed by atoms with Gasteiger partial charge in [0.2, 0.25) is 0 Å². The van der Waals surface area contributed by atoms with E-state index in [9.17, 15) is 5.21 Å². The lowest BCUT2D eigenvalue weighted by atomic mass is 9.86. The number of hydrogen-bond acceptors (Lipinski definition) is 3. The van der Waals surface area contributed by atoms with Crippen molar-refractivity contribution in [1.29, 1.82) is 0 Å². The summed E-state index contributed by atoms with van der Waals surface area (Å²) in [6.07, 6.45) is 0.994. The third-order valence-electron chi connectivity index (χ3n) is 3.89. The molecular weight excluding hydrogens is 188 g/mol. The van der Waals surface area contributed by atoms with E-state index in [1.165, 1.54) is 5.06 Å². The van der Waals surface area contributed by atoms with Crippen molar-refractivity contribution in [3.63, 3.8) is 0 Å². The lowest BCUT2D eigenvalue weighted by Gasteiger charge is -2.47. The molecule has 1 unspecified atom stereocenters. The normalized spacial score (nSPS) is 30.0. The van der Waals surface area contributed by atoms with Gasteiger partial charge in [-0.05, 0) is 53.6 Å². The first kappa shape index (κ1) is 12.9. The molecule has 0 spiro atoms.